The number of aliphatic hydroxyl groups excluding tert-OH is 1. The first-order valence-electron chi connectivity index (χ1n) is 6.74. The lowest BCUT2D eigenvalue weighted by molar-refractivity contribution is -0.129. The van der Waals surface area contributed by atoms with E-state index in [0.717, 1.165) is 29.5 Å². The number of β-amino-alcohol motifs (C(OH)–C–C–N with tert-alkyl or cyclic N) is 1. The van der Waals surface area contributed by atoms with Crippen molar-refractivity contribution in [2.24, 2.45) is 0 Å². The van der Waals surface area contributed by atoms with Gasteiger partial charge >= 0.3 is 6.03 Å². The molecule has 5 nitrogen and oxygen atoms in total. The molecule has 0 aliphatic carbocycles. The molecule has 0 unspecified atom stereocenters. The van der Waals surface area contributed by atoms with Crippen LogP contribution < -0.4 is 0 Å². The van der Waals surface area contributed by atoms with Crippen molar-refractivity contribution >= 4 is 11.9 Å². The second-order valence-corrected chi connectivity index (χ2v) is 5.26. The minimum Gasteiger partial charge on any atom is -0.386 e. The van der Waals surface area contributed by atoms with Crippen molar-refractivity contribution in [1.82, 2.24) is 9.80 Å². The Kier molecular flexibility index (Phi) is 3.36. The Morgan fingerprint density at radius 3 is 2.81 bits per heavy atom. The number of aliphatic hydroxyl groups is 1. The van der Waals surface area contributed by atoms with E-state index in [9.17, 15) is 23.5 Å². The quantitative estimate of drug-likeness (QED) is 0.858. The molecule has 2 fully saturated rings. The van der Waals surface area contributed by atoms with Gasteiger partial charge in [0.15, 0.2) is 0 Å². The average molecular weight is 296 g/mol. The van der Waals surface area contributed by atoms with Crippen LogP contribution in [0.15, 0.2) is 18.2 Å². The first kappa shape index (κ1) is 13.9. The van der Waals surface area contributed by atoms with E-state index in [1.807, 2.05) is 0 Å². The molecule has 2 atom stereocenters. The maximum Gasteiger partial charge on any atom is 0.327 e. The lowest BCUT2D eigenvalue weighted by Gasteiger charge is -2.19. The summed E-state index contributed by atoms with van der Waals surface area (Å²) in [6, 6.07) is 1.76. The largest absolute Gasteiger partial charge is 0.386 e. The highest BCUT2D eigenvalue weighted by Crippen LogP contribution is 2.29. The van der Waals surface area contributed by atoms with Crippen LogP contribution in [0.3, 0.4) is 0 Å². The fourth-order valence-corrected chi connectivity index (χ4v) is 2.89. The highest BCUT2D eigenvalue weighted by Gasteiger charge is 2.47. The Morgan fingerprint density at radius 1 is 1.33 bits per heavy atom. The smallest absolute Gasteiger partial charge is 0.327 e. The van der Waals surface area contributed by atoms with Crippen molar-refractivity contribution in [3.8, 4) is 0 Å². The van der Waals surface area contributed by atoms with Crippen LogP contribution >= 0.6 is 0 Å². The zero-order valence-electron chi connectivity index (χ0n) is 11.1. The number of urea groups is 1. The number of benzene rings is 1. The van der Waals surface area contributed by atoms with Crippen molar-refractivity contribution < 1.29 is 23.5 Å². The fraction of sp³-hybridized carbons (Fsp3) is 0.429. The summed E-state index contributed by atoms with van der Waals surface area (Å²) in [6.07, 6.45) is -0.0728. The van der Waals surface area contributed by atoms with Crippen LogP contribution in [0.4, 0.5) is 13.6 Å². The molecular weight excluding hydrogens is 282 g/mol. The molecule has 112 valence electrons. The summed E-state index contributed by atoms with van der Waals surface area (Å²) in [4.78, 5) is 26.5. The van der Waals surface area contributed by atoms with E-state index >= 15 is 0 Å². The number of carbonyl (C=O) groups is 2. The molecule has 7 heteroatoms. The number of hydrogen-bond acceptors (Lipinski definition) is 3. The Labute approximate surface area is 119 Å². The van der Waals surface area contributed by atoms with Gasteiger partial charge in [0.2, 0.25) is 0 Å². The van der Waals surface area contributed by atoms with Crippen molar-refractivity contribution in [2.45, 2.75) is 25.0 Å². The molecule has 0 saturated carbocycles. The topological polar surface area (TPSA) is 60.9 Å². The van der Waals surface area contributed by atoms with Gasteiger partial charge in [-0.25, -0.2) is 13.6 Å². The Bertz CT molecular complexity index is 586. The molecule has 1 aromatic rings. The second-order valence-electron chi connectivity index (χ2n) is 5.26. The number of nitrogens with zero attached hydrogens (tertiary/aromatic N) is 2. The number of carbonyl (C=O) groups excluding carboxylic acids is 2. The van der Waals surface area contributed by atoms with Crippen LogP contribution in [0.25, 0.3) is 0 Å². The Hall–Kier alpha value is -2.02. The zero-order chi connectivity index (χ0) is 15.1. The van der Waals surface area contributed by atoms with Crippen molar-refractivity contribution in [3.63, 3.8) is 0 Å². The maximum absolute atomic E-state index is 13.6. The second kappa shape index (κ2) is 5.07. The van der Waals surface area contributed by atoms with Gasteiger partial charge in [0.1, 0.15) is 23.8 Å². The highest BCUT2D eigenvalue weighted by molar-refractivity contribution is 6.04. The molecule has 2 aliphatic rings. The predicted molar refractivity (Wildman–Crippen MR) is 68.2 cm³/mol. The minimum absolute atomic E-state index is 0.261. The molecule has 0 bridgehead atoms. The predicted octanol–water partition coefficient (Wildman–Crippen LogP) is 1.42. The van der Waals surface area contributed by atoms with Gasteiger partial charge in [0.25, 0.3) is 5.91 Å². The molecule has 2 aliphatic heterocycles. The van der Waals surface area contributed by atoms with Gasteiger partial charge in [0.05, 0.1) is 6.54 Å². The van der Waals surface area contributed by atoms with E-state index in [2.05, 4.69) is 0 Å². The first-order valence-corrected chi connectivity index (χ1v) is 6.74. The Balaban J connectivity index is 1.79. The first-order chi connectivity index (χ1) is 9.99. The fourth-order valence-electron chi connectivity index (χ4n) is 2.89. The van der Waals surface area contributed by atoms with E-state index in [0.29, 0.717) is 13.0 Å². The monoisotopic (exact) mass is 296 g/mol. The summed E-state index contributed by atoms with van der Waals surface area (Å²) in [7, 11) is 0. The number of amides is 3. The van der Waals surface area contributed by atoms with Gasteiger partial charge in [-0.05, 0) is 31.0 Å². The molecule has 0 spiro atoms. The van der Waals surface area contributed by atoms with E-state index in [4.69, 9.17) is 0 Å². The summed E-state index contributed by atoms with van der Waals surface area (Å²) in [5, 5.41) is 10.0. The number of rotatable bonds is 3. The van der Waals surface area contributed by atoms with Gasteiger partial charge in [-0.15, -0.1) is 0 Å². The number of hydrogen-bond donors (Lipinski definition) is 1. The third kappa shape index (κ3) is 2.27. The Morgan fingerprint density at radius 2 is 2.10 bits per heavy atom. The number of imide groups is 1. The van der Waals surface area contributed by atoms with Crippen molar-refractivity contribution in [3.05, 3.63) is 35.4 Å². The molecule has 3 rings (SSSR count). The summed E-state index contributed by atoms with van der Waals surface area (Å²) in [6.45, 7) is 0.140. The van der Waals surface area contributed by atoms with Gasteiger partial charge < -0.3 is 10.0 Å². The van der Waals surface area contributed by atoms with Gasteiger partial charge in [-0.1, -0.05) is 0 Å². The number of fused-ring (bicyclic) bond motifs is 1. The van der Waals surface area contributed by atoms with Crippen LogP contribution in [0.5, 0.6) is 0 Å². The summed E-state index contributed by atoms with van der Waals surface area (Å²) in [5.74, 6) is -1.85. The van der Waals surface area contributed by atoms with Gasteiger partial charge in [-0.3, -0.25) is 9.69 Å². The zero-order valence-corrected chi connectivity index (χ0v) is 11.1. The molecular formula is C14H14F2N2O3. The average Bonchev–Trinajstić information content (AvgIpc) is 3.01. The van der Waals surface area contributed by atoms with Crippen molar-refractivity contribution in [1.29, 1.82) is 0 Å². The van der Waals surface area contributed by atoms with E-state index < -0.39 is 29.8 Å². The van der Waals surface area contributed by atoms with Crippen LogP contribution in [0.1, 0.15) is 24.5 Å². The molecule has 2 saturated heterocycles. The maximum atomic E-state index is 13.6. The molecule has 2 heterocycles. The lowest BCUT2D eigenvalue weighted by atomic mass is 10.1. The molecule has 21 heavy (non-hydrogen) atoms. The SMILES string of the molecule is O=C1[C@H]2CCCN2C(=O)N1C[C@@H](O)c1cc(F)ccc1F. The van der Waals surface area contributed by atoms with Crippen LogP contribution in [-0.4, -0.2) is 46.0 Å². The summed E-state index contributed by atoms with van der Waals surface area (Å²) in [5.41, 5.74) is -0.261. The highest BCUT2D eigenvalue weighted by atomic mass is 19.1. The molecule has 0 radical (unpaired) electrons. The van der Waals surface area contributed by atoms with Crippen molar-refractivity contribution in [2.75, 3.05) is 13.1 Å². The minimum atomic E-state index is -1.45. The normalized spacial score (nSPS) is 22.9. The number of halogens is 2. The summed E-state index contributed by atoms with van der Waals surface area (Å²) >= 11 is 0. The van der Waals surface area contributed by atoms with E-state index in [1.165, 1.54) is 4.90 Å². The summed E-state index contributed by atoms with van der Waals surface area (Å²) < 4.78 is 26.7. The standard InChI is InChI=1S/C14H14F2N2O3/c15-8-3-4-10(16)9(6-8)12(19)7-18-13(20)11-2-1-5-17(11)14(18)21/h3-4,6,11-12,19H,1-2,5,7H2/t11-,12-/m1/s1. The van der Waals surface area contributed by atoms with Gasteiger partial charge in [0, 0.05) is 12.1 Å². The lowest BCUT2D eigenvalue weighted by Crippen LogP contribution is -2.36. The van der Waals surface area contributed by atoms with E-state index in [-0.39, 0.29) is 18.0 Å². The van der Waals surface area contributed by atoms with Crippen LogP contribution in [-0.2, 0) is 4.79 Å². The third-order valence-electron chi connectivity index (χ3n) is 3.95. The van der Waals surface area contributed by atoms with Crippen LogP contribution in [0, 0.1) is 11.6 Å². The third-order valence-corrected chi connectivity index (χ3v) is 3.95. The van der Waals surface area contributed by atoms with Gasteiger partial charge in [-0.2, -0.15) is 0 Å². The van der Waals surface area contributed by atoms with E-state index in [1.54, 1.807) is 0 Å². The molecule has 3 amide bonds. The molecule has 1 N–H and O–H groups in total. The molecule has 1 aromatic carbocycles. The molecule has 0 aromatic heterocycles. The van der Waals surface area contributed by atoms with Crippen LogP contribution in [0.2, 0.25) is 0 Å².